The van der Waals surface area contributed by atoms with Gasteiger partial charge in [-0.05, 0) is 62.3 Å². The van der Waals surface area contributed by atoms with Gasteiger partial charge in [-0.15, -0.1) is 0 Å². The Morgan fingerprint density at radius 2 is 1.88 bits per heavy atom. The number of carbonyl (C=O) groups is 2. The third kappa shape index (κ3) is 4.07. The Kier molecular flexibility index (Phi) is 5.63. The van der Waals surface area contributed by atoms with Crippen molar-refractivity contribution in [1.82, 2.24) is 4.90 Å². The van der Waals surface area contributed by atoms with E-state index in [9.17, 15) is 9.59 Å². The van der Waals surface area contributed by atoms with Gasteiger partial charge in [0.05, 0.1) is 0 Å². The van der Waals surface area contributed by atoms with Crippen LogP contribution in [-0.4, -0.2) is 48.6 Å². The Morgan fingerprint density at radius 3 is 2.50 bits per heavy atom. The van der Waals surface area contributed by atoms with E-state index in [-0.39, 0.29) is 11.8 Å². The Bertz CT molecular complexity index is 675. The van der Waals surface area contributed by atoms with Crippen molar-refractivity contribution >= 4 is 17.5 Å². The van der Waals surface area contributed by atoms with E-state index in [1.807, 2.05) is 17.9 Å². The summed E-state index contributed by atoms with van der Waals surface area (Å²) in [4.78, 5) is 27.2. The van der Waals surface area contributed by atoms with Gasteiger partial charge in [0, 0.05) is 37.6 Å². The SMILES string of the molecule is Cc1cc(C(=O)N2CCC(C)CC2)ccc1NC(=O)C1(N)CCOCC1. The van der Waals surface area contributed by atoms with Crippen molar-refractivity contribution < 1.29 is 14.3 Å². The van der Waals surface area contributed by atoms with Crippen LogP contribution in [-0.2, 0) is 9.53 Å². The number of hydrogen-bond donors (Lipinski definition) is 2. The van der Waals surface area contributed by atoms with Crippen LogP contribution >= 0.6 is 0 Å². The Labute approximate surface area is 155 Å². The molecule has 26 heavy (non-hydrogen) atoms. The summed E-state index contributed by atoms with van der Waals surface area (Å²) in [5, 5.41) is 2.93. The van der Waals surface area contributed by atoms with Gasteiger partial charge in [-0.25, -0.2) is 0 Å². The minimum atomic E-state index is -0.885. The van der Waals surface area contributed by atoms with Gasteiger partial charge in [-0.1, -0.05) is 6.92 Å². The highest BCUT2D eigenvalue weighted by Gasteiger charge is 2.36. The fourth-order valence-corrected chi connectivity index (χ4v) is 3.54. The number of nitrogens with zero attached hydrogens (tertiary/aromatic N) is 1. The molecule has 2 fully saturated rings. The predicted octanol–water partition coefficient (Wildman–Crippen LogP) is 2.31. The van der Waals surface area contributed by atoms with Crippen LogP contribution < -0.4 is 11.1 Å². The van der Waals surface area contributed by atoms with Crippen LogP contribution in [0.4, 0.5) is 5.69 Å². The number of piperidine rings is 1. The number of hydrogen-bond acceptors (Lipinski definition) is 4. The molecule has 1 aromatic carbocycles. The number of amides is 2. The zero-order chi connectivity index (χ0) is 18.7. The van der Waals surface area contributed by atoms with Crippen molar-refractivity contribution in [3.05, 3.63) is 29.3 Å². The van der Waals surface area contributed by atoms with Crippen molar-refractivity contribution in [3.63, 3.8) is 0 Å². The number of carbonyl (C=O) groups excluding carboxylic acids is 2. The van der Waals surface area contributed by atoms with E-state index in [0.29, 0.717) is 43.2 Å². The average molecular weight is 359 g/mol. The highest BCUT2D eigenvalue weighted by Crippen LogP contribution is 2.24. The van der Waals surface area contributed by atoms with E-state index in [1.54, 1.807) is 12.1 Å². The van der Waals surface area contributed by atoms with E-state index >= 15 is 0 Å². The fraction of sp³-hybridized carbons (Fsp3) is 0.600. The molecule has 0 saturated carbocycles. The van der Waals surface area contributed by atoms with Gasteiger partial charge in [0.15, 0.2) is 0 Å². The third-order valence-corrected chi connectivity index (χ3v) is 5.63. The molecule has 0 unspecified atom stereocenters. The lowest BCUT2D eigenvalue weighted by molar-refractivity contribution is -0.124. The summed E-state index contributed by atoms with van der Waals surface area (Å²) < 4.78 is 5.29. The zero-order valence-electron chi connectivity index (χ0n) is 15.7. The second-order valence-electron chi connectivity index (χ2n) is 7.73. The monoisotopic (exact) mass is 359 g/mol. The van der Waals surface area contributed by atoms with Gasteiger partial charge in [-0.3, -0.25) is 9.59 Å². The van der Waals surface area contributed by atoms with Crippen molar-refractivity contribution in [1.29, 1.82) is 0 Å². The molecule has 0 aliphatic carbocycles. The first-order valence-electron chi connectivity index (χ1n) is 9.47. The summed E-state index contributed by atoms with van der Waals surface area (Å²) in [6.07, 6.45) is 3.14. The van der Waals surface area contributed by atoms with Crippen molar-refractivity contribution in [2.45, 2.75) is 45.1 Å². The summed E-state index contributed by atoms with van der Waals surface area (Å²) in [6, 6.07) is 5.44. The van der Waals surface area contributed by atoms with Gasteiger partial charge in [0.1, 0.15) is 5.54 Å². The van der Waals surface area contributed by atoms with Crippen molar-refractivity contribution in [2.24, 2.45) is 11.7 Å². The predicted molar refractivity (Wildman–Crippen MR) is 101 cm³/mol. The number of aryl methyl sites for hydroxylation is 1. The maximum Gasteiger partial charge on any atom is 0.253 e. The van der Waals surface area contributed by atoms with E-state index in [2.05, 4.69) is 12.2 Å². The van der Waals surface area contributed by atoms with Gasteiger partial charge in [-0.2, -0.15) is 0 Å². The Balaban J connectivity index is 1.67. The van der Waals surface area contributed by atoms with E-state index in [4.69, 9.17) is 10.5 Å². The molecule has 2 aliphatic heterocycles. The lowest BCUT2D eigenvalue weighted by Crippen LogP contribution is -2.54. The lowest BCUT2D eigenvalue weighted by atomic mass is 9.90. The summed E-state index contributed by atoms with van der Waals surface area (Å²) in [7, 11) is 0. The quantitative estimate of drug-likeness (QED) is 0.867. The Morgan fingerprint density at radius 1 is 1.23 bits per heavy atom. The van der Waals surface area contributed by atoms with Crippen molar-refractivity contribution in [2.75, 3.05) is 31.6 Å². The number of rotatable bonds is 3. The number of nitrogens with one attached hydrogen (secondary N) is 1. The molecular weight excluding hydrogens is 330 g/mol. The molecule has 3 N–H and O–H groups in total. The molecule has 142 valence electrons. The van der Waals surface area contributed by atoms with Crippen LogP contribution in [0.5, 0.6) is 0 Å². The minimum absolute atomic E-state index is 0.0672. The average Bonchev–Trinajstić information content (AvgIpc) is 2.64. The molecule has 0 bridgehead atoms. The van der Waals surface area contributed by atoms with Crippen LogP contribution in [0.3, 0.4) is 0 Å². The molecule has 6 heteroatoms. The Hall–Kier alpha value is -1.92. The van der Waals surface area contributed by atoms with Crippen LogP contribution in [0.25, 0.3) is 0 Å². The molecule has 0 aromatic heterocycles. The number of nitrogens with two attached hydrogens (primary N) is 1. The highest BCUT2D eigenvalue weighted by atomic mass is 16.5. The summed E-state index contributed by atoms with van der Waals surface area (Å²) in [6.45, 7) is 6.77. The summed E-state index contributed by atoms with van der Waals surface area (Å²) in [5.74, 6) is 0.567. The summed E-state index contributed by atoms with van der Waals surface area (Å²) in [5.41, 5.74) is 7.59. The van der Waals surface area contributed by atoms with Gasteiger partial charge in [0.25, 0.3) is 5.91 Å². The number of ether oxygens (including phenoxy) is 1. The van der Waals surface area contributed by atoms with Crippen LogP contribution in [0.1, 0.15) is 48.5 Å². The van der Waals surface area contributed by atoms with Gasteiger partial charge >= 0.3 is 0 Å². The number of anilines is 1. The molecule has 1 aromatic rings. The molecule has 3 rings (SSSR count). The smallest absolute Gasteiger partial charge is 0.253 e. The zero-order valence-corrected chi connectivity index (χ0v) is 15.7. The first-order chi connectivity index (χ1) is 12.4. The lowest BCUT2D eigenvalue weighted by Gasteiger charge is -2.32. The van der Waals surface area contributed by atoms with Gasteiger partial charge < -0.3 is 20.7 Å². The van der Waals surface area contributed by atoms with Gasteiger partial charge in [0.2, 0.25) is 5.91 Å². The second kappa shape index (κ2) is 7.76. The molecule has 0 atom stereocenters. The van der Waals surface area contributed by atoms with Crippen LogP contribution in [0.2, 0.25) is 0 Å². The second-order valence-corrected chi connectivity index (χ2v) is 7.73. The molecule has 2 amide bonds. The third-order valence-electron chi connectivity index (χ3n) is 5.63. The largest absolute Gasteiger partial charge is 0.381 e. The van der Waals surface area contributed by atoms with Crippen molar-refractivity contribution in [3.8, 4) is 0 Å². The maximum atomic E-state index is 12.7. The molecular formula is C20H29N3O3. The van der Waals surface area contributed by atoms with Crippen LogP contribution in [0, 0.1) is 12.8 Å². The van der Waals surface area contributed by atoms with E-state index in [0.717, 1.165) is 31.5 Å². The normalized spacial score (nSPS) is 20.7. The molecule has 2 saturated heterocycles. The molecule has 2 heterocycles. The maximum absolute atomic E-state index is 12.7. The molecule has 0 spiro atoms. The van der Waals surface area contributed by atoms with Crippen LogP contribution in [0.15, 0.2) is 18.2 Å². The minimum Gasteiger partial charge on any atom is -0.381 e. The fourth-order valence-electron chi connectivity index (χ4n) is 3.54. The van der Waals surface area contributed by atoms with E-state index < -0.39 is 5.54 Å². The standard InChI is InChI=1S/C20H29N3O3/c1-14-5-9-23(10-6-14)18(24)16-3-4-17(15(2)13-16)22-19(25)20(21)7-11-26-12-8-20/h3-4,13-14H,5-12,21H2,1-2H3,(H,22,25). The molecule has 2 aliphatic rings. The topological polar surface area (TPSA) is 84.7 Å². The first kappa shape index (κ1) is 18.9. The number of benzene rings is 1. The number of likely N-dealkylation sites (tertiary alicyclic amines) is 1. The molecule has 0 radical (unpaired) electrons. The molecule has 6 nitrogen and oxygen atoms in total. The first-order valence-corrected chi connectivity index (χ1v) is 9.47. The van der Waals surface area contributed by atoms with E-state index in [1.165, 1.54) is 0 Å². The summed E-state index contributed by atoms with van der Waals surface area (Å²) >= 11 is 0. The highest BCUT2D eigenvalue weighted by molar-refractivity contribution is 6.00.